The minimum atomic E-state index is -0.385. The SMILES string of the molecule is COc1cc(C)c(CN2CCN(C(=O)COc3ccc(C(=O)c4ccc(F)cc4)cc3)CC2)cc1C. The molecule has 1 aliphatic rings. The smallest absolute Gasteiger partial charge is 0.260 e. The van der Waals surface area contributed by atoms with Crippen LogP contribution in [-0.2, 0) is 11.3 Å². The number of halogens is 1. The third kappa shape index (κ3) is 6.10. The highest BCUT2D eigenvalue weighted by Gasteiger charge is 2.22. The summed E-state index contributed by atoms with van der Waals surface area (Å²) in [6, 6.07) is 16.3. The molecule has 0 saturated carbocycles. The maximum absolute atomic E-state index is 13.1. The van der Waals surface area contributed by atoms with Gasteiger partial charge in [0.15, 0.2) is 12.4 Å². The van der Waals surface area contributed by atoms with Crippen LogP contribution in [0.1, 0.15) is 32.6 Å². The number of rotatable bonds is 8. The number of aryl methyl sites for hydroxylation is 2. The van der Waals surface area contributed by atoms with E-state index in [2.05, 4.69) is 30.9 Å². The van der Waals surface area contributed by atoms with Gasteiger partial charge in [0.2, 0.25) is 0 Å². The monoisotopic (exact) mass is 490 g/mol. The third-order valence-corrected chi connectivity index (χ3v) is 6.56. The molecular weight excluding hydrogens is 459 g/mol. The fourth-order valence-corrected chi connectivity index (χ4v) is 4.34. The number of piperazine rings is 1. The van der Waals surface area contributed by atoms with E-state index >= 15 is 0 Å². The van der Waals surface area contributed by atoms with E-state index in [-0.39, 0.29) is 24.1 Å². The molecule has 1 fully saturated rings. The van der Waals surface area contributed by atoms with Gasteiger partial charge in [-0.25, -0.2) is 4.39 Å². The van der Waals surface area contributed by atoms with Crippen molar-refractivity contribution in [2.75, 3.05) is 39.9 Å². The van der Waals surface area contributed by atoms with Crippen molar-refractivity contribution >= 4 is 11.7 Å². The predicted octanol–water partition coefficient (Wildman–Crippen LogP) is 4.41. The van der Waals surface area contributed by atoms with Crippen molar-refractivity contribution < 1.29 is 23.5 Å². The fourth-order valence-electron chi connectivity index (χ4n) is 4.34. The average Bonchev–Trinajstić information content (AvgIpc) is 2.90. The molecular formula is C29H31FN2O4. The number of ketones is 1. The molecule has 0 bridgehead atoms. The fraction of sp³-hybridized carbons (Fsp3) is 0.310. The van der Waals surface area contributed by atoms with E-state index in [1.165, 1.54) is 35.4 Å². The zero-order chi connectivity index (χ0) is 25.7. The number of ether oxygens (including phenoxy) is 2. The molecule has 0 radical (unpaired) electrons. The van der Waals surface area contributed by atoms with Crippen molar-refractivity contribution in [1.29, 1.82) is 0 Å². The Morgan fingerprint density at radius 1 is 0.861 bits per heavy atom. The van der Waals surface area contributed by atoms with Crippen LogP contribution in [0.3, 0.4) is 0 Å². The number of benzene rings is 3. The Morgan fingerprint density at radius 2 is 1.47 bits per heavy atom. The summed E-state index contributed by atoms with van der Waals surface area (Å²) in [5.74, 6) is 0.778. The number of methoxy groups -OCH3 is 1. The van der Waals surface area contributed by atoms with Gasteiger partial charge in [0.1, 0.15) is 17.3 Å². The lowest BCUT2D eigenvalue weighted by molar-refractivity contribution is -0.135. The molecule has 1 heterocycles. The first-order chi connectivity index (χ1) is 17.3. The number of carbonyl (C=O) groups excluding carboxylic acids is 2. The minimum Gasteiger partial charge on any atom is -0.496 e. The standard InChI is InChI=1S/C29H31FN2O4/c1-20-17-27(35-3)21(2)16-24(20)18-31-12-14-32(15-13-31)28(33)19-36-26-10-6-23(7-11-26)29(34)22-4-8-25(30)9-5-22/h4-11,16-17H,12-15,18-19H2,1-3H3. The molecule has 3 aromatic carbocycles. The molecule has 3 aromatic rings. The molecule has 0 atom stereocenters. The lowest BCUT2D eigenvalue weighted by Crippen LogP contribution is -2.49. The maximum atomic E-state index is 13.1. The van der Waals surface area contributed by atoms with Crippen molar-refractivity contribution in [3.05, 3.63) is 94.3 Å². The van der Waals surface area contributed by atoms with Crippen molar-refractivity contribution in [1.82, 2.24) is 9.80 Å². The van der Waals surface area contributed by atoms with Gasteiger partial charge in [-0.3, -0.25) is 14.5 Å². The number of hydrogen-bond donors (Lipinski definition) is 0. The Bertz CT molecular complexity index is 1220. The van der Waals surface area contributed by atoms with E-state index in [1.807, 2.05) is 4.90 Å². The van der Waals surface area contributed by atoms with Crippen LogP contribution in [0.25, 0.3) is 0 Å². The van der Waals surface area contributed by atoms with Gasteiger partial charge in [-0.15, -0.1) is 0 Å². The first-order valence-corrected chi connectivity index (χ1v) is 12.0. The van der Waals surface area contributed by atoms with Crippen LogP contribution < -0.4 is 9.47 Å². The van der Waals surface area contributed by atoms with Crippen molar-refractivity contribution in [2.24, 2.45) is 0 Å². The highest BCUT2D eigenvalue weighted by Crippen LogP contribution is 2.24. The summed E-state index contributed by atoms with van der Waals surface area (Å²) in [7, 11) is 1.69. The van der Waals surface area contributed by atoms with Gasteiger partial charge in [0.05, 0.1) is 7.11 Å². The zero-order valence-corrected chi connectivity index (χ0v) is 20.9. The second-order valence-electron chi connectivity index (χ2n) is 9.05. The largest absolute Gasteiger partial charge is 0.496 e. The second-order valence-corrected chi connectivity index (χ2v) is 9.05. The third-order valence-electron chi connectivity index (χ3n) is 6.56. The molecule has 4 rings (SSSR count). The number of amides is 1. The Morgan fingerprint density at radius 3 is 2.08 bits per heavy atom. The molecule has 188 valence electrons. The summed E-state index contributed by atoms with van der Waals surface area (Å²) in [4.78, 5) is 29.4. The topological polar surface area (TPSA) is 59.1 Å². The quantitative estimate of drug-likeness (QED) is 0.438. The van der Waals surface area contributed by atoms with Crippen LogP contribution in [0.4, 0.5) is 4.39 Å². The molecule has 1 saturated heterocycles. The van der Waals surface area contributed by atoms with E-state index in [0.717, 1.165) is 30.9 Å². The first kappa shape index (κ1) is 25.4. The average molecular weight is 491 g/mol. The molecule has 7 heteroatoms. The first-order valence-electron chi connectivity index (χ1n) is 12.0. The van der Waals surface area contributed by atoms with E-state index in [4.69, 9.17) is 9.47 Å². The van der Waals surface area contributed by atoms with Gasteiger partial charge in [0, 0.05) is 43.9 Å². The molecule has 0 aliphatic carbocycles. The lowest BCUT2D eigenvalue weighted by atomic mass is 10.0. The lowest BCUT2D eigenvalue weighted by Gasteiger charge is -2.35. The molecule has 0 N–H and O–H groups in total. The molecule has 6 nitrogen and oxygen atoms in total. The summed E-state index contributed by atoms with van der Waals surface area (Å²) in [6.45, 7) is 7.85. The van der Waals surface area contributed by atoms with Crippen molar-refractivity contribution in [3.63, 3.8) is 0 Å². The van der Waals surface area contributed by atoms with Gasteiger partial charge in [0.25, 0.3) is 5.91 Å². The second kappa shape index (κ2) is 11.4. The molecule has 0 unspecified atom stereocenters. The van der Waals surface area contributed by atoms with Crippen LogP contribution in [0.15, 0.2) is 60.7 Å². The Kier molecular flexibility index (Phi) is 8.00. The van der Waals surface area contributed by atoms with E-state index in [9.17, 15) is 14.0 Å². The van der Waals surface area contributed by atoms with Gasteiger partial charge in [-0.1, -0.05) is 6.07 Å². The Hall–Kier alpha value is -3.71. The van der Waals surface area contributed by atoms with Gasteiger partial charge in [-0.05, 0) is 85.1 Å². The summed E-state index contributed by atoms with van der Waals surface area (Å²) in [5.41, 5.74) is 4.49. The molecule has 1 aliphatic heterocycles. The number of nitrogens with zero attached hydrogens (tertiary/aromatic N) is 2. The Labute approximate surface area is 211 Å². The van der Waals surface area contributed by atoms with Crippen LogP contribution in [0, 0.1) is 19.7 Å². The van der Waals surface area contributed by atoms with Crippen LogP contribution in [0.5, 0.6) is 11.5 Å². The summed E-state index contributed by atoms with van der Waals surface area (Å²) < 4.78 is 24.2. The van der Waals surface area contributed by atoms with Gasteiger partial charge < -0.3 is 14.4 Å². The van der Waals surface area contributed by atoms with Crippen molar-refractivity contribution in [3.8, 4) is 11.5 Å². The maximum Gasteiger partial charge on any atom is 0.260 e. The van der Waals surface area contributed by atoms with Crippen molar-refractivity contribution in [2.45, 2.75) is 20.4 Å². The predicted molar refractivity (Wildman–Crippen MR) is 136 cm³/mol. The highest BCUT2D eigenvalue weighted by molar-refractivity contribution is 6.09. The highest BCUT2D eigenvalue weighted by atomic mass is 19.1. The van der Waals surface area contributed by atoms with Gasteiger partial charge >= 0.3 is 0 Å². The van der Waals surface area contributed by atoms with Crippen LogP contribution >= 0.6 is 0 Å². The summed E-state index contributed by atoms with van der Waals surface area (Å²) in [5, 5.41) is 0. The molecule has 36 heavy (non-hydrogen) atoms. The van der Waals surface area contributed by atoms with Crippen LogP contribution in [-0.4, -0.2) is 61.4 Å². The molecule has 0 aromatic heterocycles. The molecule has 0 spiro atoms. The zero-order valence-electron chi connectivity index (χ0n) is 20.9. The van der Waals surface area contributed by atoms with Gasteiger partial charge in [-0.2, -0.15) is 0 Å². The Balaban J connectivity index is 1.24. The van der Waals surface area contributed by atoms with Crippen LogP contribution in [0.2, 0.25) is 0 Å². The van der Waals surface area contributed by atoms with E-state index in [1.54, 1.807) is 31.4 Å². The normalized spacial score (nSPS) is 13.9. The summed E-state index contributed by atoms with van der Waals surface area (Å²) >= 11 is 0. The molecule has 1 amide bonds. The van der Waals surface area contributed by atoms with E-state index < -0.39 is 0 Å². The van der Waals surface area contributed by atoms with E-state index in [0.29, 0.717) is 30.0 Å². The minimum absolute atomic E-state index is 0.0535. The number of hydrogen-bond acceptors (Lipinski definition) is 5. The number of carbonyl (C=O) groups is 2. The summed E-state index contributed by atoms with van der Waals surface area (Å²) in [6.07, 6.45) is 0.